The quantitative estimate of drug-likeness (QED) is 0.706. The maximum Gasteiger partial charge on any atom is 0.147 e. The Balaban J connectivity index is 2.81. The van der Waals surface area contributed by atoms with Crippen LogP contribution < -0.4 is 0 Å². The van der Waals surface area contributed by atoms with E-state index in [1.54, 1.807) is 0 Å². The van der Waals surface area contributed by atoms with Crippen molar-refractivity contribution in [1.29, 1.82) is 5.26 Å². The third kappa shape index (κ3) is 1.99. The highest BCUT2D eigenvalue weighted by molar-refractivity contribution is 6.31. The first-order valence-electron chi connectivity index (χ1n) is 5.54. The van der Waals surface area contributed by atoms with Gasteiger partial charge in [-0.15, -0.1) is 0 Å². The van der Waals surface area contributed by atoms with Crippen LogP contribution >= 0.6 is 11.6 Å². The number of nitrogens with zero attached hydrogens (tertiary/aromatic N) is 2. The normalized spacial score (nSPS) is 10.8. The Morgan fingerprint density at radius 3 is 2.65 bits per heavy atom. The molecule has 1 heterocycles. The minimum Gasteiger partial charge on any atom is -0.235 e. The van der Waals surface area contributed by atoms with Gasteiger partial charge < -0.3 is 0 Å². The lowest BCUT2D eigenvalue weighted by atomic mass is 9.98. The van der Waals surface area contributed by atoms with Crippen molar-refractivity contribution in [3.05, 3.63) is 40.0 Å². The smallest absolute Gasteiger partial charge is 0.147 e. The third-order valence-corrected chi connectivity index (χ3v) is 3.28. The van der Waals surface area contributed by atoms with Crippen molar-refractivity contribution in [1.82, 2.24) is 4.98 Å². The number of aromatic nitrogens is 1. The van der Waals surface area contributed by atoms with E-state index in [0.29, 0.717) is 11.5 Å². The lowest BCUT2D eigenvalue weighted by Gasteiger charge is -2.10. The van der Waals surface area contributed by atoms with Gasteiger partial charge in [0.2, 0.25) is 0 Å². The maximum absolute atomic E-state index is 9.06. The number of rotatable bonds is 1. The summed E-state index contributed by atoms with van der Waals surface area (Å²) in [6.45, 7) is 6.20. The first kappa shape index (κ1) is 11.9. The van der Waals surface area contributed by atoms with Crippen LogP contribution in [0.3, 0.4) is 0 Å². The summed E-state index contributed by atoms with van der Waals surface area (Å²) in [5.41, 5.74) is 3.47. The van der Waals surface area contributed by atoms with E-state index >= 15 is 0 Å². The monoisotopic (exact) mass is 244 g/mol. The Hall–Kier alpha value is -1.59. The Labute approximate surface area is 106 Å². The molecule has 86 valence electrons. The summed E-state index contributed by atoms with van der Waals surface area (Å²) in [5.74, 6) is 0.458. The van der Waals surface area contributed by atoms with Crippen molar-refractivity contribution >= 4 is 22.5 Å². The largest absolute Gasteiger partial charge is 0.235 e. The average molecular weight is 245 g/mol. The summed E-state index contributed by atoms with van der Waals surface area (Å²) in [7, 11) is 0. The molecule has 0 aliphatic rings. The first-order chi connectivity index (χ1) is 8.04. The van der Waals surface area contributed by atoms with Crippen LogP contribution in [0.4, 0.5) is 0 Å². The number of hydrogen-bond donors (Lipinski definition) is 0. The molecule has 0 aliphatic heterocycles. The zero-order chi connectivity index (χ0) is 12.6. The zero-order valence-corrected chi connectivity index (χ0v) is 10.8. The molecule has 0 bridgehead atoms. The Morgan fingerprint density at radius 1 is 1.35 bits per heavy atom. The maximum atomic E-state index is 9.06. The van der Waals surface area contributed by atoms with E-state index in [1.165, 1.54) is 5.56 Å². The first-order valence-corrected chi connectivity index (χ1v) is 5.92. The molecule has 2 aromatic rings. The third-order valence-electron chi connectivity index (χ3n) is 3.00. The molecule has 0 saturated heterocycles. The molecule has 3 heteroatoms. The van der Waals surface area contributed by atoms with E-state index in [2.05, 4.69) is 37.0 Å². The topological polar surface area (TPSA) is 36.7 Å². The van der Waals surface area contributed by atoms with Crippen molar-refractivity contribution in [2.45, 2.75) is 26.7 Å². The van der Waals surface area contributed by atoms with E-state index in [0.717, 1.165) is 16.5 Å². The van der Waals surface area contributed by atoms with Crippen molar-refractivity contribution < 1.29 is 0 Å². The van der Waals surface area contributed by atoms with E-state index in [-0.39, 0.29) is 5.15 Å². The van der Waals surface area contributed by atoms with Crippen LogP contribution in [-0.2, 0) is 0 Å². The average Bonchev–Trinajstić information content (AvgIpc) is 2.29. The lowest BCUT2D eigenvalue weighted by molar-refractivity contribution is 0.868. The minimum atomic E-state index is 0.287. The van der Waals surface area contributed by atoms with Gasteiger partial charge in [0.1, 0.15) is 11.2 Å². The van der Waals surface area contributed by atoms with Crippen LogP contribution in [0, 0.1) is 18.3 Å². The van der Waals surface area contributed by atoms with Crippen LogP contribution in [0.1, 0.15) is 36.5 Å². The summed E-state index contributed by atoms with van der Waals surface area (Å²) in [6, 6.07) is 8.23. The van der Waals surface area contributed by atoms with Crippen molar-refractivity contribution in [2.75, 3.05) is 0 Å². The van der Waals surface area contributed by atoms with Gasteiger partial charge in [-0.25, -0.2) is 4.98 Å². The minimum absolute atomic E-state index is 0.287. The van der Waals surface area contributed by atoms with Crippen molar-refractivity contribution in [3.63, 3.8) is 0 Å². The second kappa shape index (κ2) is 4.35. The molecule has 17 heavy (non-hydrogen) atoms. The van der Waals surface area contributed by atoms with E-state index in [9.17, 15) is 0 Å². The van der Waals surface area contributed by atoms with Crippen molar-refractivity contribution in [3.8, 4) is 6.07 Å². The predicted octanol–water partition coefficient (Wildman–Crippen LogP) is 4.19. The van der Waals surface area contributed by atoms with Gasteiger partial charge in [0, 0.05) is 5.39 Å². The van der Waals surface area contributed by atoms with Gasteiger partial charge in [-0.3, -0.25) is 0 Å². The molecular formula is C14H13ClN2. The molecule has 0 N–H and O–H groups in total. The second-order valence-electron chi connectivity index (χ2n) is 4.45. The molecule has 1 aromatic carbocycles. The predicted molar refractivity (Wildman–Crippen MR) is 70.3 cm³/mol. The second-order valence-corrected chi connectivity index (χ2v) is 4.80. The molecule has 0 amide bonds. The molecule has 0 radical (unpaired) electrons. The number of nitriles is 1. The van der Waals surface area contributed by atoms with Gasteiger partial charge in [-0.1, -0.05) is 31.5 Å². The molecule has 0 aliphatic carbocycles. The van der Waals surface area contributed by atoms with E-state index in [1.807, 2.05) is 13.0 Å². The van der Waals surface area contributed by atoms with Gasteiger partial charge in [0.15, 0.2) is 0 Å². The van der Waals surface area contributed by atoms with Gasteiger partial charge in [-0.05, 0) is 36.1 Å². The fourth-order valence-electron chi connectivity index (χ4n) is 1.89. The molecular weight excluding hydrogens is 232 g/mol. The van der Waals surface area contributed by atoms with E-state index in [4.69, 9.17) is 16.9 Å². The number of aryl methyl sites for hydroxylation is 1. The number of halogens is 1. The van der Waals surface area contributed by atoms with Gasteiger partial charge in [0.05, 0.1) is 11.1 Å². The van der Waals surface area contributed by atoms with Crippen molar-refractivity contribution in [2.24, 2.45) is 0 Å². The molecule has 0 fully saturated rings. The molecule has 2 rings (SSSR count). The van der Waals surface area contributed by atoms with E-state index < -0.39 is 0 Å². The number of benzene rings is 1. The SMILES string of the molecule is Cc1c(C#N)c(Cl)nc2ccc(C(C)C)cc12. The van der Waals surface area contributed by atoms with Gasteiger partial charge >= 0.3 is 0 Å². The number of hydrogen-bond acceptors (Lipinski definition) is 2. The highest BCUT2D eigenvalue weighted by atomic mass is 35.5. The summed E-state index contributed by atoms with van der Waals surface area (Å²) < 4.78 is 0. The summed E-state index contributed by atoms with van der Waals surface area (Å²) in [5, 5.41) is 10.4. The Kier molecular flexibility index (Phi) is 3.04. The number of fused-ring (bicyclic) bond motifs is 1. The summed E-state index contributed by atoms with van der Waals surface area (Å²) in [4.78, 5) is 4.25. The fourth-order valence-corrected chi connectivity index (χ4v) is 2.17. The summed E-state index contributed by atoms with van der Waals surface area (Å²) in [6.07, 6.45) is 0. The highest BCUT2D eigenvalue weighted by Gasteiger charge is 2.11. The van der Waals surface area contributed by atoms with Crippen LogP contribution in [0.15, 0.2) is 18.2 Å². The highest BCUT2D eigenvalue weighted by Crippen LogP contribution is 2.27. The number of pyridine rings is 1. The zero-order valence-electron chi connectivity index (χ0n) is 10.1. The Morgan fingerprint density at radius 2 is 2.06 bits per heavy atom. The standard InChI is InChI=1S/C14H13ClN2/c1-8(2)10-4-5-13-11(6-10)9(3)12(7-16)14(15)17-13/h4-6,8H,1-3H3. The van der Waals surface area contributed by atoms with Crippen LogP contribution in [0.5, 0.6) is 0 Å². The molecule has 2 nitrogen and oxygen atoms in total. The fraction of sp³-hybridized carbons (Fsp3) is 0.286. The van der Waals surface area contributed by atoms with Gasteiger partial charge in [0.25, 0.3) is 0 Å². The Bertz CT molecular complexity index is 624. The molecule has 0 spiro atoms. The lowest BCUT2D eigenvalue weighted by Crippen LogP contribution is -1.94. The molecule has 1 aromatic heterocycles. The molecule has 0 unspecified atom stereocenters. The molecule has 0 saturated carbocycles. The van der Waals surface area contributed by atoms with Crippen LogP contribution in [0.25, 0.3) is 10.9 Å². The van der Waals surface area contributed by atoms with Gasteiger partial charge in [-0.2, -0.15) is 5.26 Å². The van der Waals surface area contributed by atoms with Crippen LogP contribution in [0.2, 0.25) is 5.15 Å². The van der Waals surface area contributed by atoms with Crippen LogP contribution in [-0.4, -0.2) is 4.98 Å². The summed E-state index contributed by atoms with van der Waals surface area (Å²) >= 11 is 5.98. The molecule has 0 atom stereocenters.